The van der Waals surface area contributed by atoms with E-state index in [-0.39, 0.29) is 5.82 Å². The molecule has 6 heteroatoms. The maximum Gasteiger partial charge on any atom is 0.391 e. The number of hydrogen-bond acceptors (Lipinski definition) is 4. The van der Waals surface area contributed by atoms with Gasteiger partial charge < -0.3 is 15.4 Å². The zero-order chi connectivity index (χ0) is 11.1. The van der Waals surface area contributed by atoms with Gasteiger partial charge in [0.25, 0.3) is 0 Å². The molecule has 82 valence electrons. The van der Waals surface area contributed by atoms with E-state index in [9.17, 15) is 10.1 Å². The Balaban J connectivity index is 2.17. The fraction of sp³-hybridized carbons (Fsp3) is 0.300. The predicted octanol–water partition coefficient (Wildman–Crippen LogP) is 1.82. The number of hydrogen-bond donors (Lipinski definition) is 1. The first kappa shape index (κ1) is 9.14. The van der Waals surface area contributed by atoms with Gasteiger partial charge in [-0.25, -0.2) is 0 Å². The molecule has 1 saturated carbocycles. The van der Waals surface area contributed by atoms with E-state index >= 15 is 0 Å². The molecular weight excluding hydrogens is 208 g/mol. The van der Waals surface area contributed by atoms with Gasteiger partial charge in [0, 0.05) is 12.2 Å². The summed E-state index contributed by atoms with van der Waals surface area (Å²) in [5.74, 6) is -0.0937. The average molecular weight is 218 g/mol. The number of nitrogens with one attached hydrogen (secondary N) is 1. The van der Waals surface area contributed by atoms with Crippen LogP contribution in [0.5, 0.6) is 0 Å². The number of aromatic nitrogens is 2. The molecule has 0 saturated heterocycles. The Labute approximate surface area is 91.1 Å². The van der Waals surface area contributed by atoms with Gasteiger partial charge in [-0.1, -0.05) is 0 Å². The molecule has 1 aliphatic carbocycles. The standard InChI is InChI=1S/C10H10N4O2/c15-14(16)10-9-8(12-7-3-4-7)2-1-5-13(9)6-11-10/h1-2,5-7,12H,3-4H2. The number of pyridine rings is 1. The second-order valence-corrected chi connectivity index (χ2v) is 3.92. The largest absolute Gasteiger partial charge is 0.391 e. The third kappa shape index (κ3) is 1.39. The van der Waals surface area contributed by atoms with Crippen molar-refractivity contribution in [2.24, 2.45) is 0 Å². The number of nitrogens with zero attached hydrogens (tertiary/aromatic N) is 3. The molecule has 0 unspecified atom stereocenters. The summed E-state index contributed by atoms with van der Waals surface area (Å²) in [4.78, 5) is 14.2. The van der Waals surface area contributed by atoms with Gasteiger partial charge in [0.1, 0.15) is 0 Å². The highest BCUT2D eigenvalue weighted by Gasteiger charge is 2.25. The van der Waals surface area contributed by atoms with Crippen LogP contribution in [0.15, 0.2) is 24.7 Å². The van der Waals surface area contributed by atoms with Gasteiger partial charge in [0.15, 0.2) is 5.52 Å². The topological polar surface area (TPSA) is 72.5 Å². The SMILES string of the molecule is O=[N+]([O-])c1ncn2cccc(NC3CC3)c12. The van der Waals surface area contributed by atoms with Gasteiger partial charge in [0.2, 0.25) is 6.33 Å². The molecule has 0 atom stereocenters. The number of rotatable bonds is 3. The van der Waals surface area contributed by atoms with Crippen LogP contribution in [0.25, 0.3) is 5.52 Å². The number of nitro groups is 1. The van der Waals surface area contributed by atoms with Crippen molar-refractivity contribution < 1.29 is 4.92 Å². The van der Waals surface area contributed by atoms with Gasteiger partial charge in [-0.05, 0) is 34.9 Å². The molecule has 16 heavy (non-hydrogen) atoms. The minimum absolute atomic E-state index is 0.0937. The summed E-state index contributed by atoms with van der Waals surface area (Å²) in [6.07, 6.45) is 5.48. The minimum atomic E-state index is -0.451. The molecule has 2 aromatic rings. The van der Waals surface area contributed by atoms with Crippen LogP contribution < -0.4 is 5.32 Å². The maximum absolute atomic E-state index is 10.8. The Morgan fingerprint density at radius 2 is 2.38 bits per heavy atom. The van der Waals surface area contributed by atoms with E-state index < -0.39 is 4.92 Å². The quantitative estimate of drug-likeness (QED) is 0.630. The highest BCUT2D eigenvalue weighted by atomic mass is 16.6. The van der Waals surface area contributed by atoms with Crippen LogP contribution in [0.2, 0.25) is 0 Å². The van der Waals surface area contributed by atoms with Crippen LogP contribution >= 0.6 is 0 Å². The lowest BCUT2D eigenvalue weighted by molar-refractivity contribution is -0.387. The van der Waals surface area contributed by atoms with Crippen molar-refractivity contribution in [2.45, 2.75) is 18.9 Å². The molecule has 3 rings (SSSR count). The Bertz CT molecular complexity index is 559. The Morgan fingerprint density at radius 3 is 3.06 bits per heavy atom. The molecule has 0 spiro atoms. The second kappa shape index (κ2) is 3.19. The van der Waals surface area contributed by atoms with Crippen molar-refractivity contribution in [2.75, 3.05) is 5.32 Å². The van der Waals surface area contributed by atoms with Gasteiger partial charge >= 0.3 is 5.82 Å². The molecule has 2 aromatic heterocycles. The van der Waals surface area contributed by atoms with Crippen LogP contribution in [-0.4, -0.2) is 20.3 Å². The first-order chi connectivity index (χ1) is 7.75. The smallest absolute Gasteiger partial charge is 0.380 e. The number of anilines is 1. The minimum Gasteiger partial charge on any atom is -0.380 e. The third-order valence-electron chi connectivity index (χ3n) is 2.65. The summed E-state index contributed by atoms with van der Waals surface area (Å²) < 4.78 is 1.67. The summed E-state index contributed by atoms with van der Waals surface area (Å²) in [5.41, 5.74) is 1.33. The van der Waals surface area contributed by atoms with Crippen molar-refractivity contribution in [3.05, 3.63) is 34.8 Å². The molecular formula is C10H10N4O2. The normalized spacial score (nSPS) is 15.2. The fourth-order valence-corrected chi connectivity index (χ4v) is 1.73. The molecule has 0 amide bonds. The van der Waals surface area contributed by atoms with Gasteiger partial charge in [-0.15, -0.1) is 0 Å². The summed E-state index contributed by atoms with van der Waals surface area (Å²) in [5, 5.41) is 14.1. The van der Waals surface area contributed by atoms with E-state index in [0.717, 1.165) is 18.5 Å². The lowest BCUT2D eigenvalue weighted by atomic mass is 10.3. The summed E-state index contributed by atoms with van der Waals surface area (Å²) in [7, 11) is 0. The molecule has 6 nitrogen and oxygen atoms in total. The molecule has 0 radical (unpaired) electrons. The van der Waals surface area contributed by atoms with Gasteiger partial charge in [-0.2, -0.15) is 0 Å². The predicted molar refractivity (Wildman–Crippen MR) is 58.5 cm³/mol. The molecule has 0 aliphatic heterocycles. The zero-order valence-corrected chi connectivity index (χ0v) is 8.46. The molecule has 0 aromatic carbocycles. The van der Waals surface area contributed by atoms with Crippen LogP contribution in [0.1, 0.15) is 12.8 Å². The van der Waals surface area contributed by atoms with Crippen molar-refractivity contribution in [1.82, 2.24) is 9.38 Å². The highest BCUT2D eigenvalue weighted by Crippen LogP contribution is 2.30. The molecule has 0 bridgehead atoms. The summed E-state index contributed by atoms with van der Waals surface area (Å²) >= 11 is 0. The van der Waals surface area contributed by atoms with E-state index in [1.165, 1.54) is 6.33 Å². The number of imidazole rings is 1. The first-order valence-electron chi connectivity index (χ1n) is 5.12. The fourth-order valence-electron chi connectivity index (χ4n) is 1.73. The Morgan fingerprint density at radius 1 is 1.56 bits per heavy atom. The van der Waals surface area contributed by atoms with E-state index in [2.05, 4.69) is 10.3 Å². The van der Waals surface area contributed by atoms with Crippen molar-refractivity contribution in [3.8, 4) is 0 Å². The molecule has 1 N–H and O–H groups in total. The average Bonchev–Trinajstić information content (AvgIpc) is 2.95. The van der Waals surface area contributed by atoms with E-state index in [1.807, 2.05) is 12.1 Å². The lowest BCUT2D eigenvalue weighted by Crippen LogP contribution is -2.03. The second-order valence-electron chi connectivity index (χ2n) is 3.92. The molecule has 2 heterocycles. The highest BCUT2D eigenvalue weighted by molar-refractivity contribution is 5.80. The van der Waals surface area contributed by atoms with Crippen LogP contribution in [0.4, 0.5) is 11.5 Å². The third-order valence-corrected chi connectivity index (χ3v) is 2.65. The van der Waals surface area contributed by atoms with Crippen LogP contribution in [0.3, 0.4) is 0 Å². The van der Waals surface area contributed by atoms with Crippen LogP contribution in [-0.2, 0) is 0 Å². The van der Waals surface area contributed by atoms with Crippen molar-refractivity contribution >= 4 is 17.0 Å². The lowest BCUT2D eigenvalue weighted by Gasteiger charge is -2.05. The maximum atomic E-state index is 10.8. The van der Waals surface area contributed by atoms with E-state index in [4.69, 9.17) is 0 Å². The molecule has 1 fully saturated rings. The number of fused-ring (bicyclic) bond motifs is 1. The van der Waals surface area contributed by atoms with Gasteiger partial charge in [-0.3, -0.25) is 4.40 Å². The Kier molecular flexibility index (Phi) is 1.82. The van der Waals surface area contributed by atoms with E-state index in [0.29, 0.717) is 11.6 Å². The van der Waals surface area contributed by atoms with Crippen molar-refractivity contribution in [3.63, 3.8) is 0 Å². The molecule has 1 aliphatic rings. The summed E-state index contributed by atoms with van der Waals surface area (Å²) in [6, 6.07) is 4.16. The monoisotopic (exact) mass is 218 g/mol. The Hall–Kier alpha value is -2.11. The van der Waals surface area contributed by atoms with E-state index in [1.54, 1.807) is 10.6 Å². The zero-order valence-electron chi connectivity index (χ0n) is 8.46. The van der Waals surface area contributed by atoms with Gasteiger partial charge in [0.05, 0.1) is 5.69 Å². The van der Waals surface area contributed by atoms with Crippen LogP contribution in [0, 0.1) is 10.1 Å². The van der Waals surface area contributed by atoms with Crippen molar-refractivity contribution in [1.29, 1.82) is 0 Å². The summed E-state index contributed by atoms with van der Waals surface area (Å²) in [6.45, 7) is 0. The first-order valence-corrected chi connectivity index (χ1v) is 5.12.